The van der Waals surface area contributed by atoms with Crippen LogP contribution in [0.3, 0.4) is 0 Å². The highest BCUT2D eigenvalue weighted by Gasteiger charge is 2.03. The second kappa shape index (κ2) is 6.51. The van der Waals surface area contributed by atoms with Gasteiger partial charge in [-0.2, -0.15) is 0 Å². The summed E-state index contributed by atoms with van der Waals surface area (Å²) in [6.45, 7) is 2.35. The summed E-state index contributed by atoms with van der Waals surface area (Å²) in [7, 11) is 0. The molecule has 0 heteroatoms. The Kier molecular flexibility index (Phi) is 5.47. The second-order valence-corrected chi connectivity index (χ2v) is 4.29. The lowest BCUT2D eigenvalue weighted by atomic mass is 9.98. The van der Waals surface area contributed by atoms with E-state index >= 15 is 0 Å². The molecule has 0 nitrogen and oxygen atoms in total. The third kappa shape index (κ3) is 4.79. The fourth-order valence-corrected chi connectivity index (χ4v) is 2.04. The van der Waals surface area contributed by atoms with Crippen LogP contribution in [0.4, 0.5) is 0 Å². The molecule has 0 aromatic carbocycles. The summed E-state index contributed by atoms with van der Waals surface area (Å²) >= 11 is 0. The van der Waals surface area contributed by atoms with Gasteiger partial charge in [0.15, 0.2) is 0 Å². The van der Waals surface area contributed by atoms with Gasteiger partial charge in [-0.15, -0.1) is 0 Å². The molecule has 0 amide bonds. The fourth-order valence-electron chi connectivity index (χ4n) is 2.04. The van der Waals surface area contributed by atoms with Gasteiger partial charge in [-0.25, -0.2) is 0 Å². The average Bonchev–Trinajstić information content (AvgIpc) is 2.11. The highest BCUT2D eigenvalue weighted by atomic mass is 14.1. The maximum Gasteiger partial charge on any atom is -0.0272 e. The molecule has 1 aliphatic rings. The van der Waals surface area contributed by atoms with Gasteiger partial charge in [0.25, 0.3) is 0 Å². The van der Waals surface area contributed by atoms with Crippen LogP contribution in [0, 0.1) is 5.92 Å². The molecule has 1 radical (unpaired) electrons. The maximum atomic E-state index is 2.35. The zero-order chi connectivity index (χ0) is 8.65. The van der Waals surface area contributed by atoms with Crippen LogP contribution in [0.1, 0.15) is 71.1 Å². The lowest BCUT2D eigenvalue weighted by molar-refractivity contribution is 0.585. The summed E-state index contributed by atoms with van der Waals surface area (Å²) in [4.78, 5) is 0. The molecular weight excluding hydrogens is 144 g/mol. The molecule has 0 heterocycles. The van der Waals surface area contributed by atoms with Crippen molar-refractivity contribution < 1.29 is 0 Å². The predicted octanol–water partition coefficient (Wildman–Crippen LogP) is 4.50. The van der Waals surface area contributed by atoms with Gasteiger partial charge in [0.1, 0.15) is 0 Å². The molecule has 0 aromatic rings. The van der Waals surface area contributed by atoms with E-state index in [9.17, 15) is 0 Å². The molecular formula is C12H23. The fraction of sp³-hybridized carbons (Fsp3) is 0.917. The lowest BCUT2D eigenvalue weighted by Crippen LogP contribution is -1.91. The first-order valence-electron chi connectivity index (χ1n) is 5.71. The number of hydrogen-bond donors (Lipinski definition) is 0. The Morgan fingerprint density at radius 1 is 0.583 bits per heavy atom. The monoisotopic (exact) mass is 167 g/mol. The van der Waals surface area contributed by atoms with Gasteiger partial charge in [0.2, 0.25) is 0 Å². The van der Waals surface area contributed by atoms with Gasteiger partial charge in [-0.05, 0) is 18.8 Å². The molecule has 1 aliphatic carbocycles. The molecule has 0 spiro atoms. The van der Waals surface area contributed by atoms with Crippen molar-refractivity contribution in [2.75, 3.05) is 0 Å². The molecule has 0 atom stereocenters. The highest BCUT2D eigenvalue weighted by molar-refractivity contribution is 4.83. The third-order valence-electron chi connectivity index (χ3n) is 2.96. The van der Waals surface area contributed by atoms with Crippen LogP contribution < -0.4 is 0 Å². The van der Waals surface area contributed by atoms with Crippen molar-refractivity contribution in [1.82, 2.24) is 0 Å². The van der Waals surface area contributed by atoms with E-state index in [1.807, 2.05) is 0 Å². The van der Waals surface area contributed by atoms with Crippen LogP contribution in [-0.4, -0.2) is 0 Å². The van der Waals surface area contributed by atoms with Crippen LogP contribution in [-0.2, 0) is 0 Å². The van der Waals surface area contributed by atoms with Crippen LogP contribution in [0.15, 0.2) is 0 Å². The average molecular weight is 167 g/mol. The molecule has 0 unspecified atom stereocenters. The van der Waals surface area contributed by atoms with E-state index in [1.165, 1.54) is 64.2 Å². The quantitative estimate of drug-likeness (QED) is 0.498. The Morgan fingerprint density at radius 2 is 0.917 bits per heavy atom. The Labute approximate surface area is 77.7 Å². The van der Waals surface area contributed by atoms with E-state index in [1.54, 1.807) is 5.92 Å². The van der Waals surface area contributed by atoms with Crippen LogP contribution in [0.2, 0.25) is 0 Å². The summed E-state index contributed by atoms with van der Waals surface area (Å²) in [5.74, 6) is 1.75. The molecule has 71 valence electrons. The molecule has 0 bridgehead atoms. The predicted molar refractivity (Wildman–Crippen MR) is 55.1 cm³/mol. The maximum absolute atomic E-state index is 2.35. The van der Waals surface area contributed by atoms with Crippen LogP contribution in [0.5, 0.6) is 0 Å². The van der Waals surface area contributed by atoms with Crippen molar-refractivity contribution in [1.29, 1.82) is 0 Å². The minimum atomic E-state index is 1.40. The molecule has 1 rings (SSSR count). The summed E-state index contributed by atoms with van der Waals surface area (Å²) in [6.07, 6.45) is 14.6. The Balaban J connectivity index is 2.13. The molecule has 0 saturated heterocycles. The first-order valence-corrected chi connectivity index (χ1v) is 5.71. The molecule has 0 aliphatic heterocycles. The van der Waals surface area contributed by atoms with Gasteiger partial charge >= 0.3 is 0 Å². The van der Waals surface area contributed by atoms with Crippen molar-refractivity contribution in [3.63, 3.8) is 0 Å². The topological polar surface area (TPSA) is 0 Å². The van der Waals surface area contributed by atoms with Crippen LogP contribution in [0.25, 0.3) is 0 Å². The first kappa shape index (κ1) is 10.1. The number of rotatable bonds is 0. The van der Waals surface area contributed by atoms with Gasteiger partial charge in [-0.3, -0.25) is 0 Å². The third-order valence-corrected chi connectivity index (χ3v) is 2.96. The highest BCUT2D eigenvalue weighted by Crippen LogP contribution is 2.21. The normalized spacial score (nSPS) is 24.8. The van der Waals surface area contributed by atoms with E-state index in [2.05, 4.69) is 6.92 Å². The van der Waals surface area contributed by atoms with E-state index in [4.69, 9.17) is 0 Å². The minimum absolute atomic E-state index is 1.40. The Bertz CT molecular complexity index is 84.2. The van der Waals surface area contributed by atoms with Crippen molar-refractivity contribution >= 4 is 0 Å². The SMILES string of the molecule is C[C]1CCCCCCCCCC1. The zero-order valence-electron chi connectivity index (χ0n) is 8.57. The Morgan fingerprint density at radius 3 is 1.33 bits per heavy atom. The van der Waals surface area contributed by atoms with Gasteiger partial charge in [0.05, 0.1) is 0 Å². The van der Waals surface area contributed by atoms with Gasteiger partial charge < -0.3 is 0 Å². The standard InChI is InChI=1S/C12H23/c1-12-10-8-6-4-2-3-5-7-9-11-12/h2-11H2,1H3. The lowest BCUT2D eigenvalue weighted by Gasteiger charge is -2.08. The Hall–Kier alpha value is 0. The van der Waals surface area contributed by atoms with Crippen molar-refractivity contribution in [2.24, 2.45) is 0 Å². The summed E-state index contributed by atoms with van der Waals surface area (Å²) in [5.41, 5.74) is 0. The first-order chi connectivity index (χ1) is 5.89. The largest absolute Gasteiger partial charge is 0.0591 e. The molecule has 12 heavy (non-hydrogen) atoms. The van der Waals surface area contributed by atoms with E-state index in [0.29, 0.717) is 0 Å². The summed E-state index contributed by atoms with van der Waals surface area (Å²) in [5, 5.41) is 0. The van der Waals surface area contributed by atoms with E-state index < -0.39 is 0 Å². The molecule has 1 saturated carbocycles. The zero-order valence-corrected chi connectivity index (χ0v) is 8.57. The van der Waals surface area contributed by atoms with Crippen molar-refractivity contribution in [2.45, 2.75) is 71.1 Å². The van der Waals surface area contributed by atoms with E-state index in [0.717, 1.165) is 0 Å². The molecule has 0 N–H and O–H groups in total. The van der Waals surface area contributed by atoms with Crippen LogP contribution >= 0.6 is 0 Å². The van der Waals surface area contributed by atoms with E-state index in [-0.39, 0.29) is 0 Å². The minimum Gasteiger partial charge on any atom is -0.0591 e. The van der Waals surface area contributed by atoms with Crippen molar-refractivity contribution in [3.05, 3.63) is 5.92 Å². The van der Waals surface area contributed by atoms with Gasteiger partial charge in [-0.1, -0.05) is 58.3 Å². The molecule has 1 fully saturated rings. The molecule has 0 aromatic heterocycles. The smallest absolute Gasteiger partial charge is 0.0272 e. The number of hydrogen-bond acceptors (Lipinski definition) is 0. The second-order valence-electron chi connectivity index (χ2n) is 4.29. The summed E-state index contributed by atoms with van der Waals surface area (Å²) < 4.78 is 0. The summed E-state index contributed by atoms with van der Waals surface area (Å²) in [6, 6.07) is 0. The van der Waals surface area contributed by atoms with Gasteiger partial charge in [0, 0.05) is 0 Å². The van der Waals surface area contributed by atoms with Crippen molar-refractivity contribution in [3.8, 4) is 0 Å².